The molecule has 1 unspecified atom stereocenters. The van der Waals surface area contributed by atoms with Gasteiger partial charge in [-0.3, -0.25) is 9.78 Å². The first kappa shape index (κ1) is 20.7. The Morgan fingerprint density at radius 2 is 2.00 bits per heavy atom. The van der Waals surface area contributed by atoms with E-state index in [2.05, 4.69) is 15.0 Å². The molecule has 1 amide bonds. The quantitative estimate of drug-likeness (QED) is 0.628. The van der Waals surface area contributed by atoms with Gasteiger partial charge in [-0.2, -0.15) is 0 Å². The minimum absolute atomic E-state index is 0.128. The number of methoxy groups -OCH3 is 1. The number of amides is 1. The van der Waals surface area contributed by atoms with Crippen molar-refractivity contribution in [2.45, 2.75) is 25.8 Å². The molecule has 0 spiro atoms. The van der Waals surface area contributed by atoms with E-state index in [0.29, 0.717) is 18.2 Å². The number of aromatic nitrogens is 4. The van der Waals surface area contributed by atoms with Crippen molar-refractivity contribution in [3.8, 4) is 16.9 Å². The maximum absolute atomic E-state index is 13.3. The Labute approximate surface area is 181 Å². The molecule has 1 saturated heterocycles. The summed E-state index contributed by atoms with van der Waals surface area (Å²) >= 11 is 0. The predicted octanol–water partition coefficient (Wildman–Crippen LogP) is 3.29. The van der Waals surface area contributed by atoms with Crippen LogP contribution >= 0.6 is 0 Å². The van der Waals surface area contributed by atoms with Crippen molar-refractivity contribution in [1.82, 2.24) is 24.8 Å². The van der Waals surface area contributed by atoms with Crippen molar-refractivity contribution in [2.75, 3.05) is 32.6 Å². The minimum atomic E-state index is -0.168. The molecular weight excluding hydrogens is 392 g/mol. The molecule has 3 heterocycles. The van der Waals surface area contributed by atoms with Gasteiger partial charge < -0.3 is 14.5 Å². The lowest BCUT2D eigenvalue weighted by Gasteiger charge is -2.26. The number of anilines is 1. The van der Waals surface area contributed by atoms with Gasteiger partial charge in [-0.15, -0.1) is 0 Å². The second-order valence-corrected chi connectivity index (χ2v) is 7.79. The van der Waals surface area contributed by atoms with Gasteiger partial charge in [-0.05, 0) is 37.5 Å². The normalized spacial score (nSPS) is 15.7. The molecule has 0 aliphatic carbocycles. The highest BCUT2D eigenvalue weighted by Gasteiger charge is 2.34. The van der Waals surface area contributed by atoms with Crippen molar-refractivity contribution >= 4 is 11.9 Å². The van der Waals surface area contributed by atoms with Gasteiger partial charge in [0.1, 0.15) is 11.4 Å². The number of likely N-dealkylation sites (tertiary alicyclic amines) is 1. The zero-order valence-electron chi connectivity index (χ0n) is 18.2. The lowest BCUT2D eigenvalue weighted by molar-refractivity contribution is 0.0726. The fourth-order valence-corrected chi connectivity index (χ4v) is 3.81. The first-order valence-corrected chi connectivity index (χ1v) is 10.3. The van der Waals surface area contributed by atoms with E-state index >= 15 is 0 Å². The minimum Gasteiger partial charge on any atom is -0.497 e. The fourth-order valence-electron chi connectivity index (χ4n) is 3.81. The zero-order valence-corrected chi connectivity index (χ0v) is 18.2. The van der Waals surface area contributed by atoms with Crippen molar-refractivity contribution < 1.29 is 9.53 Å². The first-order chi connectivity index (χ1) is 15.0. The number of nitrogens with zero attached hydrogens (tertiary/aromatic N) is 6. The second-order valence-electron chi connectivity index (χ2n) is 7.79. The molecule has 1 fully saturated rings. The summed E-state index contributed by atoms with van der Waals surface area (Å²) in [5.74, 6) is 1.24. The predicted molar refractivity (Wildman–Crippen MR) is 118 cm³/mol. The van der Waals surface area contributed by atoms with Gasteiger partial charge in [-0.25, -0.2) is 15.0 Å². The molecule has 8 heteroatoms. The fraction of sp³-hybridized carbons (Fsp3) is 0.348. The SMILES string of the molecule is COc1cccc(-c2cnc(N(C)C)nc2C2CCCN2C(=O)c2cnc(C)cn2)c1. The Morgan fingerprint density at radius 3 is 2.71 bits per heavy atom. The molecule has 31 heavy (non-hydrogen) atoms. The van der Waals surface area contributed by atoms with E-state index in [9.17, 15) is 4.79 Å². The Bertz CT molecular complexity index is 1080. The number of benzene rings is 1. The van der Waals surface area contributed by atoms with Crippen LogP contribution in [0.25, 0.3) is 11.1 Å². The van der Waals surface area contributed by atoms with Gasteiger partial charge in [0.15, 0.2) is 0 Å². The van der Waals surface area contributed by atoms with Crippen LogP contribution in [-0.4, -0.2) is 58.5 Å². The molecular formula is C23H26N6O2. The van der Waals surface area contributed by atoms with Gasteiger partial charge in [0, 0.05) is 38.6 Å². The summed E-state index contributed by atoms with van der Waals surface area (Å²) in [6, 6.07) is 7.65. The van der Waals surface area contributed by atoms with E-state index in [1.165, 1.54) is 0 Å². The van der Waals surface area contributed by atoms with Crippen LogP contribution < -0.4 is 9.64 Å². The standard InChI is InChI=1S/C23H26N6O2/c1-15-12-25-19(14-24-15)22(30)29-10-6-9-20(29)21-18(13-26-23(27-21)28(2)3)16-7-5-8-17(11-16)31-4/h5,7-8,11-14,20H,6,9-10H2,1-4H3. The number of rotatable bonds is 5. The summed E-state index contributed by atoms with van der Waals surface area (Å²) in [6.45, 7) is 2.50. The van der Waals surface area contributed by atoms with Crippen LogP contribution in [0.15, 0.2) is 42.9 Å². The molecule has 1 aliphatic heterocycles. The Kier molecular flexibility index (Phi) is 5.79. The van der Waals surface area contributed by atoms with Gasteiger partial charge >= 0.3 is 0 Å². The highest BCUT2D eigenvalue weighted by atomic mass is 16.5. The summed E-state index contributed by atoms with van der Waals surface area (Å²) < 4.78 is 5.40. The molecule has 0 bridgehead atoms. The van der Waals surface area contributed by atoms with Crippen LogP contribution in [0.2, 0.25) is 0 Å². The van der Waals surface area contributed by atoms with Gasteiger partial charge in [-0.1, -0.05) is 12.1 Å². The molecule has 0 N–H and O–H groups in total. The lowest BCUT2D eigenvalue weighted by atomic mass is 9.99. The Hall–Kier alpha value is -3.55. The second kappa shape index (κ2) is 8.67. The lowest BCUT2D eigenvalue weighted by Crippen LogP contribution is -2.32. The molecule has 0 saturated carbocycles. The highest BCUT2D eigenvalue weighted by molar-refractivity contribution is 5.92. The largest absolute Gasteiger partial charge is 0.497 e. The van der Waals surface area contributed by atoms with Crippen LogP contribution in [0, 0.1) is 6.92 Å². The summed E-state index contributed by atoms with van der Waals surface area (Å²) in [5, 5.41) is 0. The molecule has 4 rings (SSSR count). The molecule has 2 aromatic heterocycles. The van der Waals surface area contributed by atoms with E-state index in [-0.39, 0.29) is 11.9 Å². The summed E-state index contributed by atoms with van der Waals surface area (Å²) in [5.41, 5.74) is 3.81. The van der Waals surface area contributed by atoms with Crippen LogP contribution in [0.1, 0.15) is 40.8 Å². The summed E-state index contributed by atoms with van der Waals surface area (Å²) in [7, 11) is 5.46. The zero-order chi connectivity index (χ0) is 22.0. The van der Waals surface area contributed by atoms with E-state index < -0.39 is 0 Å². The maximum Gasteiger partial charge on any atom is 0.274 e. The first-order valence-electron chi connectivity index (χ1n) is 10.3. The molecule has 160 valence electrons. The van der Waals surface area contributed by atoms with Gasteiger partial charge in [0.2, 0.25) is 5.95 Å². The third kappa shape index (κ3) is 4.19. The topological polar surface area (TPSA) is 84.3 Å². The van der Waals surface area contributed by atoms with Gasteiger partial charge in [0.25, 0.3) is 5.91 Å². The molecule has 1 aliphatic rings. The highest BCUT2D eigenvalue weighted by Crippen LogP contribution is 2.38. The number of ether oxygens (including phenoxy) is 1. The molecule has 8 nitrogen and oxygen atoms in total. The molecule has 1 atom stereocenters. The molecule has 3 aromatic rings. The van der Waals surface area contributed by atoms with Crippen molar-refractivity contribution in [1.29, 1.82) is 0 Å². The third-order valence-electron chi connectivity index (χ3n) is 5.42. The Morgan fingerprint density at radius 1 is 1.16 bits per heavy atom. The van der Waals surface area contributed by atoms with E-state index in [1.54, 1.807) is 19.5 Å². The average molecular weight is 419 g/mol. The Balaban J connectivity index is 1.78. The summed E-state index contributed by atoms with van der Waals surface area (Å²) in [6.07, 6.45) is 6.72. The monoisotopic (exact) mass is 418 g/mol. The number of carbonyl (C=O) groups is 1. The van der Waals surface area contributed by atoms with E-state index in [0.717, 1.165) is 41.1 Å². The van der Waals surface area contributed by atoms with Crippen molar-refractivity contribution in [2.24, 2.45) is 0 Å². The molecule has 1 aromatic carbocycles. The number of carbonyl (C=O) groups excluding carboxylic acids is 1. The van der Waals surface area contributed by atoms with Crippen LogP contribution in [0.4, 0.5) is 5.95 Å². The third-order valence-corrected chi connectivity index (χ3v) is 5.42. The number of aryl methyl sites for hydroxylation is 1. The number of hydrogen-bond acceptors (Lipinski definition) is 7. The number of hydrogen-bond donors (Lipinski definition) is 0. The maximum atomic E-state index is 13.3. The summed E-state index contributed by atoms with van der Waals surface area (Å²) in [4.78, 5) is 34.9. The van der Waals surface area contributed by atoms with Crippen LogP contribution in [-0.2, 0) is 0 Å². The average Bonchev–Trinajstić information content (AvgIpc) is 3.28. The van der Waals surface area contributed by atoms with Crippen LogP contribution in [0.3, 0.4) is 0 Å². The molecule has 0 radical (unpaired) electrons. The van der Waals surface area contributed by atoms with E-state index in [1.807, 2.05) is 61.3 Å². The van der Waals surface area contributed by atoms with Crippen LogP contribution in [0.5, 0.6) is 5.75 Å². The van der Waals surface area contributed by atoms with Crippen molar-refractivity contribution in [3.05, 3.63) is 59.9 Å². The van der Waals surface area contributed by atoms with Gasteiger partial charge in [0.05, 0.1) is 30.7 Å². The smallest absolute Gasteiger partial charge is 0.274 e. The van der Waals surface area contributed by atoms with E-state index in [4.69, 9.17) is 9.72 Å². The van der Waals surface area contributed by atoms with Crippen molar-refractivity contribution in [3.63, 3.8) is 0 Å².